The minimum absolute atomic E-state index is 0.0329. The van der Waals surface area contributed by atoms with Gasteiger partial charge in [0.25, 0.3) is 0 Å². The van der Waals surface area contributed by atoms with Crippen molar-refractivity contribution in [3.8, 4) is 5.75 Å². The SMILES string of the molecule is O=C(NC1=NN=C2CC(c3ccc(O)cc3)=C(Br)C=C21)C1CC1. The summed E-state index contributed by atoms with van der Waals surface area (Å²) in [6.45, 7) is 0. The largest absolute Gasteiger partial charge is 0.508 e. The van der Waals surface area contributed by atoms with Crippen molar-refractivity contribution < 1.29 is 9.90 Å². The minimum Gasteiger partial charge on any atom is -0.508 e. The van der Waals surface area contributed by atoms with Gasteiger partial charge in [-0.3, -0.25) is 4.79 Å². The summed E-state index contributed by atoms with van der Waals surface area (Å²) >= 11 is 3.60. The lowest BCUT2D eigenvalue weighted by molar-refractivity contribution is -0.120. The van der Waals surface area contributed by atoms with Crippen molar-refractivity contribution in [2.45, 2.75) is 19.3 Å². The lowest BCUT2D eigenvalue weighted by atomic mass is 9.91. The van der Waals surface area contributed by atoms with Gasteiger partial charge in [-0.1, -0.05) is 28.1 Å². The summed E-state index contributed by atoms with van der Waals surface area (Å²) in [6.07, 6.45) is 4.49. The third-order valence-electron chi connectivity index (χ3n) is 4.15. The number of nitrogens with zero attached hydrogens (tertiary/aromatic N) is 2. The molecule has 0 bridgehead atoms. The molecule has 0 spiro atoms. The first-order valence-electron chi connectivity index (χ1n) is 7.47. The van der Waals surface area contributed by atoms with Crippen LogP contribution in [0.15, 0.2) is 50.6 Å². The summed E-state index contributed by atoms with van der Waals surface area (Å²) < 4.78 is 0.937. The summed E-state index contributed by atoms with van der Waals surface area (Å²) in [5.41, 5.74) is 3.82. The molecule has 1 aliphatic heterocycles. The van der Waals surface area contributed by atoms with Crippen LogP contribution < -0.4 is 5.32 Å². The first kappa shape index (κ1) is 14.4. The Morgan fingerprint density at radius 1 is 1.22 bits per heavy atom. The van der Waals surface area contributed by atoms with Gasteiger partial charge in [-0.15, -0.1) is 5.10 Å². The fourth-order valence-corrected chi connectivity index (χ4v) is 3.26. The number of halogens is 1. The van der Waals surface area contributed by atoms with Gasteiger partial charge >= 0.3 is 0 Å². The smallest absolute Gasteiger partial charge is 0.228 e. The first-order valence-corrected chi connectivity index (χ1v) is 8.27. The minimum atomic E-state index is 0.0329. The number of allylic oxidation sites excluding steroid dienone is 3. The Morgan fingerprint density at radius 2 is 1.96 bits per heavy atom. The number of benzene rings is 1. The number of hydrogen-bond donors (Lipinski definition) is 2. The molecule has 23 heavy (non-hydrogen) atoms. The highest BCUT2D eigenvalue weighted by molar-refractivity contribution is 9.12. The normalized spacial score (nSPS) is 19.8. The van der Waals surface area contributed by atoms with Crippen LogP contribution in [0.25, 0.3) is 5.57 Å². The van der Waals surface area contributed by atoms with E-state index in [9.17, 15) is 9.90 Å². The molecule has 0 atom stereocenters. The molecule has 1 fully saturated rings. The van der Waals surface area contributed by atoms with Crippen molar-refractivity contribution in [2.75, 3.05) is 0 Å². The van der Waals surface area contributed by atoms with Gasteiger partial charge in [-0.2, -0.15) is 5.10 Å². The maximum atomic E-state index is 11.9. The number of carbonyl (C=O) groups excluding carboxylic acids is 1. The topological polar surface area (TPSA) is 74.0 Å². The van der Waals surface area contributed by atoms with Crippen molar-refractivity contribution in [2.24, 2.45) is 16.1 Å². The zero-order valence-electron chi connectivity index (χ0n) is 12.2. The number of phenols is 1. The van der Waals surface area contributed by atoms with Crippen molar-refractivity contribution >= 4 is 39.0 Å². The Kier molecular flexibility index (Phi) is 3.41. The maximum Gasteiger partial charge on any atom is 0.228 e. The number of hydrogen-bond acceptors (Lipinski definition) is 4. The third kappa shape index (κ3) is 2.74. The number of amides is 1. The Morgan fingerprint density at radius 3 is 2.65 bits per heavy atom. The van der Waals surface area contributed by atoms with Gasteiger partial charge in [0.05, 0.1) is 5.71 Å². The molecule has 1 amide bonds. The highest BCUT2D eigenvalue weighted by atomic mass is 79.9. The lowest BCUT2D eigenvalue weighted by Crippen LogP contribution is -2.33. The molecule has 0 aromatic heterocycles. The molecule has 1 saturated carbocycles. The maximum absolute atomic E-state index is 11.9. The Labute approximate surface area is 141 Å². The molecule has 0 unspecified atom stereocenters. The quantitative estimate of drug-likeness (QED) is 0.837. The Bertz CT molecular complexity index is 815. The summed E-state index contributed by atoms with van der Waals surface area (Å²) in [5, 5.41) is 20.6. The van der Waals surface area contributed by atoms with Gasteiger partial charge in [0, 0.05) is 22.4 Å². The molecular weight excluding hydrogens is 358 g/mol. The molecule has 2 N–H and O–H groups in total. The third-order valence-corrected chi connectivity index (χ3v) is 4.85. The number of phenolic OH excluding ortho intramolecular Hbond substituents is 1. The summed E-state index contributed by atoms with van der Waals surface area (Å²) in [4.78, 5) is 11.9. The summed E-state index contributed by atoms with van der Waals surface area (Å²) in [5.74, 6) is 0.950. The standard InChI is InChI=1S/C17H14BrN3O2/c18-14-7-13-15(8-12(14)9-3-5-11(22)6-4-9)20-21-16(13)19-17(23)10-1-2-10/h3-7,10,22H,1-2,8H2,(H,19,21,23). The van der Waals surface area contributed by atoms with E-state index >= 15 is 0 Å². The number of nitrogens with one attached hydrogen (secondary N) is 1. The molecule has 1 aromatic carbocycles. The monoisotopic (exact) mass is 371 g/mol. The molecule has 1 aromatic rings. The zero-order chi connectivity index (χ0) is 16.0. The summed E-state index contributed by atoms with van der Waals surface area (Å²) in [7, 11) is 0. The molecular formula is C17H14BrN3O2. The second kappa shape index (κ2) is 5.45. The lowest BCUT2D eigenvalue weighted by Gasteiger charge is -2.17. The van der Waals surface area contributed by atoms with E-state index < -0.39 is 0 Å². The predicted molar refractivity (Wildman–Crippen MR) is 92.4 cm³/mol. The van der Waals surface area contributed by atoms with E-state index in [4.69, 9.17) is 0 Å². The van der Waals surface area contributed by atoms with E-state index in [-0.39, 0.29) is 17.6 Å². The van der Waals surface area contributed by atoms with Crippen LogP contribution in [0, 0.1) is 5.92 Å². The van der Waals surface area contributed by atoms with E-state index in [1.165, 1.54) is 0 Å². The Balaban J connectivity index is 1.61. The van der Waals surface area contributed by atoms with Crippen molar-refractivity contribution in [3.63, 3.8) is 0 Å². The van der Waals surface area contributed by atoms with Gasteiger partial charge in [0.15, 0.2) is 5.84 Å². The molecule has 0 radical (unpaired) electrons. The molecule has 6 heteroatoms. The van der Waals surface area contributed by atoms with E-state index in [1.54, 1.807) is 12.1 Å². The van der Waals surface area contributed by atoms with Crippen LogP contribution in [0.2, 0.25) is 0 Å². The first-order chi connectivity index (χ1) is 11.1. The number of fused-ring (bicyclic) bond motifs is 1. The van der Waals surface area contributed by atoms with Crippen molar-refractivity contribution in [1.82, 2.24) is 5.32 Å². The average Bonchev–Trinajstić information content (AvgIpc) is 3.32. The number of rotatable bonds is 2. The molecule has 4 rings (SSSR count). The van der Waals surface area contributed by atoms with E-state index in [2.05, 4.69) is 31.4 Å². The highest BCUT2D eigenvalue weighted by Gasteiger charge is 2.33. The van der Waals surface area contributed by atoms with E-state index in [0.29, 0.717) is 12.3 Å². The molecule has 1 heterocycles. The number of amidine groups is 1. The van der Waals surface area contributed by atoms with Gasteiger partial charge in [-0.05, 0) is 42.2 Å². The zero-order valence-corrected chi connectivity index (χ0v) is 13.8. The molecule has 2 aliphatic carbocycles. The predicted octanol–water partition coefficient (Wildman–Crippen LogP) is 3.12. The second-order valence-electron chi connectivity index (χ2n) is 5.87. The second-order valence-corrected chi connectivity index (χ2v) is 6.72. The van der Waals surface area contributed by atoms with Gasteiger partial charge in [-0.25, -0.2) is 0 Å². The van der Waals surface area contributed by atoms with Crippen LogP contribution >= 0.6 is 15.9 Å². The summed E-state index contributed by atoms with van der Waals surface area (Å²) in [6, 6.07) is 7.07. The highest BCUT2D eigenvalue weighted by Crippen LogP contribution is 2.36. The van der Waals surface area contributed by atoms with Crippen molar-refractivity contribution in [1.29, 1.82) is 0 Å². The van der Waals surface area contributed by atoms with Gasteiger partial charge in [0.1, 0.15) is 5.75 Å². The van der Waals surface area contributed by atoms with Crippen molar-refractivity contribution in [3.05, 3.63) is 46.0 Å². The van der Waals surface area contributed by atoms with Crippen LogP contribution in [0.1, 0.15) is 24.8 Å². The van der Waals surface area contributed by atoms with Gasteiger partial charge in [0.2, 0.25) is 5.91 Å². The average molecular weight is 372 g/mol. The molecule has 3 aliphatic rings. The van der Waals surface area contributed by atoms with E-state index in [0.717, 1.165) is 39.7 Å². The van der Waals surface area contributed by atoms with Gasteiger partial charge < -0.3 is 10.4 Å². The molecule has 5 nitrogen and oxygen atoms in total. The fraction of sp³-hybridized carbons (Fsp3) is 0.235. The van der Waals surface area contributed by atoms with Crippen LogP contribution in [-0.4, -0.2) is 22.6 Å². The molecule has 116 valence electrons. The van der Waals surface area contributed by atoms with Crippen LogP contribution in [0.5, 0.6) is 5.75 Å². The van der Waals surface area contributed by atoms with E-state index in [1.807, 2.05) is 18.2 Å². The fourth-order valence-electron chi connectivity index (χ4n) is 2.66. The number of aromatic hydroxyl groups is 1. The number of carbonyl (C=O) groups is 1. The van der Waals surface area contributed by atoms with Crippen LogP contribution in [0.4, 0.5) is 0 Å². The van der Waals surface area contributed by atoms with Crippen LogP contribution in [0.3, 0.4) is 0 Å². The van der Waals surface area contributed by atoms with Crippen LogP contribution in [-0.2, 0) is 4.79 Å². The Hall–Kier alpha value is -2.21. The molecule has 0 saturated heterocycles.